The molecule has 0 aromatic rings. The molecular weight excluding hydrogens is 318 g/mol. The van der Waals surface area contributed by atoms with Gasteiger partial charge < -0.3 is 5.11 Å². The van der Waals surface area contributed by atoms with Crippen LogP contribution in [0, 0.1) is 0 Å². The highest BCUT2D eigenvalue weighted by Crippen LogP contribution is 2.59. The SMILES string of the molecule is OC(C(F)(F)F)(C(F)(F)F)C(Cl)(Cl)C(F)(F)F. The maximum absolute atomic E-state index is 12.0. The minimum atomic E-state index is -6.77. The highest BCUT2D eigenvalue weighted by Gasteiger charge is 2.85. The van der Waals surface area contributed by atoms with E-state index in [0.29, 0.717) is 0 Å². The van der Waals surface area contributed by atoms with Gasteiger partial charge in [0.15, 0.2) is 0 Å². The summed E-state index contributed by atoms with van der Waals surface area (Å²) in [6.07, 6.45) is -19.9. The number of halogens is 11. The Morgan fingerprint density at radius 1 is 0.588 bits per heavy atom. The van der Waals surface area contributed by atoms with E-state index in [0.717, 1.165) is 0 Å². The Balaban J connectivity index is 6.04. The van der Waals surface area contributed by atoms with Crippen LogP contribution >= 0.6 is 23.2 Å². The topological polar surface area (TPSA) is 20.2 Å². The van der Waals surface area contributed by atoms with Crippen molar-refractivity contribution in [3.63, 3.8) is 0 Å². The molecule has 0 radical (unpaired) electrons. The molecule has 1 N–H and O–H groups in total. The lowest BCUT2D eigenvalue weighted by atomic mass is 9.96. The third-order valence-corrected chi connectivity index (χ3v) is 2.61. The van der Waals surface area contributed by atoms with E-state index in [-0.39, 0.29) is 0 Å². The first-order chi connectivity index (χ1) is 7.00. The van der Waals surface area contributed by atoms with Gasteiger partial charge in [0.25, 0.3) is 9.93 Å². The number of hydrogen-bond donors (Lipinski definition) is 1. The van der Waals surface area contributed by atoms with Crippen molar-refractivity contribution < 1.29 is 44.6 Å². The molecule has 0 aliphatic heterocycles. The molecule has 0 saturated carbocycles. The van der Waals surface area contributed by atoms with Crippen molar-refractivity contribution >= 4 is 23.2 Å². The molecule has 0 aliphatic rings. The third-order valence-electron chi connectivity index (χ3n) is 1.63. The van der Waals surface area contributed by atoms with Crippen molar-refractivity contribution in [2.24, 2.45) is 0 Å². The Bertz CT molecular complexity index is 273. The second kappa shape index (κ2) is 3.95. The number of hydrogen-bond acceptors (Lipinski definition) is 1. The van der Waals surface area contributed by atoms with E-state index < -0.39 is 28.5 Å². The maximum Gasteiger partial charge on any atom is 0.429 e. The average molecular weight is 319 g/mol. The van der Waals surface area contributed by atoms with Crippen molar-refractivity contribution in [3.8, 4) is 0 Å². The van der Waals surface area contributed by atoms with Crippen LogP contribution in [0.2, 0.25) is 0 Å². The van der Waals surface area contributed by atoms with E-state index in [1.807, 2.05) is 0 Å². The first-order valence-electron chi connectivity index (χ1n) is 3.30. The monoisotopic (exact) mass is 318 g/mol. The molecule has 17 heavy (non-hydrogen) atoms. The van der Waals surface area contributed by atoms with Gasteiger partial charge in [0.2, 0.25) is 0 Å². The van der Waals surface area contributed by atoms with Crippen LogP contribution in [0.15, 0.2) is 0 Å². The summed E-state index contributed by atoms with van der Waals surface area (Å²) in [6.45, 7) is 0. The number of rotatable bonds is 1. The fraction of sp³-hybridized carbons (Fsp3) is 1.00. The fourth-order valence-corrected chi connectivity index (χ4v) is 1.15. The van der Waals surface area contributed by atoms with Crippen molar-refractivity contribution in [2.45, 2.75) is 28.5 Å². The Labute approximate surface area is 97.1 Å². The Hall–Kier alpha value is -0.0900. The van der Waals surface area contributed by atoms with Crippen LogP contribution in [0.1, 0.15) is 0 Å². The molecule has 104 valence electrons. The summed E-state index contributed by atoms with van der Waals surface area (Å²) in [6, 6.07) is 0. The standard InChI is InChI=1S/C5HCl2F9O/c6-2(7,5(14,15)16)1(17,3(8,9)10)4(11,12)13/h17H. The van der Waals surface area contributed by atoms with Gasteiger partial charge in [0, 0.05) is 0 Å². The minimum Gasteiger partial charge on any atom is -0.371 e. The zero-order valence-electron chi connectivity index (χ0n) is 7.10. The summed E-state index contributed by atoms with van der Waals surface area (Å²) in [5.74, 6) is 0. The largest absolute Gasteiger partial charge is 0.429 e. The second-order valence-electron chi connectivity index (χ2n) is 2.78. The normalized spacial score (nSPS) is 16.2. The molecule has 0 aliphatic carbocycles. The molecule has 0 fully saturated rings. The zero-order valence-corrected chi connectivity index (χ0v) is 8.62. The van der Waals surface area contributed by atoms with E-state index in [2.05, 4.69) is 23.2 Å². The van der Waals surface area contributed by atoms with Gasteiger partial charge in [0.1, 0.15) is 0 Å². The highest BCUT2D eigenvalue weighted by atomic mass is 35.5. The summed E-state index contributed by atoms with van der Waals surface area (Å²) in [5, 5.41) is 8.31. The fourth-order valence-electron chi connectivity index (χ4n) is 0.722. The van der Waals surface area contributed by atoms with Crippen molar-refractivity contribution in [1.82, 2.24) is 0 Å². The lowest BCUT2D eigenvalue weighted by Gasteiger charge is -2.41. The molecule has 0 aromatic heterocycles. The zero-order chi connectivity index (χ0) is 14.5. The molecule has 0 aromatic carbocycles. The van der Waals surface area contributed by atoms with Crippen LogP contribution in [0.4, 0.5) is 39.5 Å². The van der Waals surface area contributed by atoms with E-state index in [4.69, 9.17) is 5.11 Å². The maximum atomic E-state index is 12.0. The van der Waals surface area contributed by atoms with Crippen LogP contribution in [0.5, 0.6) is 0 Å². The summed E-state index contributed by atoms with van der Waals surface area (Å²) < 4.78 is 102. The van der Waals surface area contributed by atoms with Crippen LogP contribution in [0.25, 0.3) is 0 Å². The summed E-state index contributed by atoms with van der Waals surface area (Å²) >= 11 is 8.08. The van der Waals surface area contributed by atoms with Gasteiger partial charge in [-0.1, -0.05) is 23.2 Å². The first-order valence-corrected chi connectivity index (χ1v) is 4.06. The van der Waals surface area contributed by atoms with Gasteiger partial charge in [-0.3, -0.25) is 0 Å². The lowest BCUT2D eigenvalue weighted by Crippen LogP contribution is -2.71. The van der Waals surface area contributed by atoms with Crippen LogP contribution in [0.3, 0.4) is 0 Å². The van der Waals surface area contributed by atoms with E-state index in [1.165, 1.54) is 0 Å². The first kappa shape index (κ1) is 16.9. The van der Waals surface area contributed by atoms with E-state index in [1.54, 1.807) is 0 Å². The van der Waals surface area contributed by atoms with E-state index in [9.17, 15) is 39.5 Å². The second-order valence-corrected chi connectivity index (χ2v) is 4.11. The van der Waals surface area contributed by atoms with Gasteiger partial charge in [-0.05, 0) is 0 Å². The highest BCUT2D eigenvalue weighted by molar-refractivity contribution is 6.50. The van der Waals surface area contributed by atoms with Gasteiger partial charge in [0.05, 0.1) is 0 Å². The molecule has 0 bridgehead atoms. The predicted molar refractivity (Wildman–Crippen MR) is 37.6 cm³/mol. The molecule has 0 rings (SSSR count). The molecule has 0 heterocycles. The summed E-state index contributed by atoms with van der Waals surface area (Å²) in [5.41, 5.74) is -6.34. The van der Waals surface area contributed by atoms with Crippen LogP contribution in [-0.2, 0) is 0 Å². The Morgan fingerprint density at radius 2 is 0.824 bits per heavy atom. The predicted octanol–water partition coefficient (Wildman–Crippen LogP) is 3.58. The molecule has 12 heteroatoms. The smallest absolute Gasteiger partial charge is 0.371 e. The van der Waals surface area contributed by atoms with Crippen molar-refractivity contribution in [2.75, 3.05) is 0 Å². The minimum absolute atomic E-state index is 4.04. The van der Waals surface area contributed by atoms with Crippen molar-refractivity contribution in [1.29, 1.82) is 0 Å². The van der Waals surface area contributed by atoms with E-state index >= 15 is 0 Å². The lowest BCUT2D eigenvalue weighted by molar-refractivity contribution is -0.391. The van der Waals surface area contributed by atoms with Gasteiger partial charge >= 0.3 is 18.5 Å². The van der Waals surface area contributed by atoms with Crippen LogP contribution in [-0.4, -0.2) is 33.6 Å². The quantitative estimate of drug-likeness (QED) is 0.579. The van der Waals surface area contributed by atoms with Crippen LogP contribution < -0.4 is 0 Å². The Morgan fingerprint density at radius 3 is 0.882 bits per heavy atom. The summed E-state index contributed by atoms with van der Waals surface area (Å²) in [4.78, 5) is 0. The third kappa shape index (κ3) is 2.39. The number of alkyl halides is 11. The molecule has 0 saturated heterocycles. The Kier molecular flexibility index (Phi) is 3.93. The summed E-state index contributed by atoms with van der Waals surface area (Å²) in [7, 11) is 0. The van der Waals surface area contributed by atoms with Crippen molar-refractivity contribution in [3.05, 3.63) is 0 Å². The molecule has 0 atom stereocenters. The average Bonchev–Trinajstić information content (AvgIpc) is 1.95. The number of aliphatic hydroxyl groups is 1. The molecule has 0 amide bonds. The molecular formula is C5HCl2F9O. The molecule has 1 nitrogen and oxygen atoms in total. The van der Waals surface area contributed by atoms with Gasteiger partial charge in [-0.25, -0.2) is 0 Å². The van der Waals surface area contributed by atoms with Gasteiger partial charge in [-0.2, -0.15) is 39.5 Å². The molecule has 0 spiro atoms. The molecule has 0 unspecified atom stereocenters. The van der Waals surface area contributed by atoms with Gasteiger partial charge in [-0.15, -0.1) is 0 Å².